The number of rotatable bonds is 6. The van der Waals surface area contributed by atoms with Crippen LogP contribution in [0.5, 0.6) is 0 Å². The molecule has 0 aromatic carbocycles. The molecule has 1 aromatic rings. The average Bonchev–Trinajstić information content (AvgIpc) is 2.84. The average molecular weight is 280 g/mol. The summed E-state index contributed by atoms with van der Waals surface area (Å²) < 4.78 is 0. The van der Waals surface area contributed by atoms with Gasteiger partial charge in [0.25, 0.3) is 0 Å². The predicted octanol–water partition coefficient (Wildman–Crippen LogP) is 3.98. The van der Waals surface area contributed by atoms with Gasteiger partial charge in [0.1, 0.15) is 0 Å². The smallest absolute Gasteiger partial charge is 0.0927 e. The summed E-state index contributed by atoms with van der Waals surface area (Å²) in [5.41, 5.74) is 0. The Morgan fingerprint density at radius 3 is 2.89 bits per heavy atom. The zero-order valence-corrected chi connectivity index (χ0v) is 13.4. The minimum absolute atomic E-state index is 0.750. The van der Waals surface area contributed by atoms with Crippen LogP contribution in [0, 0.1) is 23.7 Å². The van der Waals surface area contributed by atoms with Gasteiger partial charge in [0, 0.05) is 18.0 Å². The molecule has 1 saturated carbocycles. The van der Waals surface area contributed by atoms with Gasteiger partial charge in [-0.15, -0.1) is 11.3 Å². The second-order valence-electron chi connectivity index (χ2n) is 6.62. The van der Waals surface area contributed by atoms with E-state index in [1.54, 1.807) is 0 Å². The molecule has 1 aliphatic carbocycles. The normalized spacial score (nSPS) is 27.9. The van der Waals surface area contributed by atoms with Gasteiger partial charge in [-0.3, -0.25) is 0 Å². The van der Waals surface area contributed by atoms with E-state index in [0.717, 1.165) is 30.2 Å². The molecule has 0 amide bonds. The Hall–Kier alpha value is -0.410. The Morgan fingerprint density at radius 1 is 1.37 bits per heavy atom. The highest BCUT2D eigenvalue weighted by Gasteiger charge is 2.28. The molecule has 3 atom stereocenters. The van der Waals surface area contributed by atoms with Crippen LogP contribution >= 0.6 is 11.3 Å². The Labute approximate surface area is 122 Å². The van der Waals surface area contributed by atoms with Crippen LogP contribution in [0.2, 0.25) is 0 Å². The highest BCUT2D eigenvalue weighted by Crippen LogP contribution is 2.35. The molecule has 0 aliphatic heterocycles. The second-order valence-corrected chi connectivity index (χ2v) is 7.60. The summed E-state index contributed by atoms with van der Waals surface area (Å²) in [5, 5.41) is 7.09. The molecule has 0 radical (unpaired) electrons. The number of hydrogen-bond acceptors (Lipinski definition) is 3. The fourth-order valence-corrected chi connectivity index (χ4v) is 3.93. The van der Waals surface area contributed by atoms with Crippen molar-refractivity contribution in [1.82, 2.24) is 10.3 Å². The highest BCUT2D eigenvalue weighted by atomic mass is 32.1. The maximum Gasteiger partial charge on any atom is 0.0927 e. The fourth-order valence-electron chi connectivity index (χ4n) is 3.22. The number of hydrogen-bond donors (Lipinski definition) is 1. The predicted molar refractivity (Wildman–Crippen MR) is 83.5 cm³/mol. The summed E-state index contributed by atoms with van der Waals surface area (Å²) in [4.78, 5) is 4.48. The zero-order valence-electron chi connectivity index (χ0n) is 12.6. The molecule has 3 unspecified atom stereocenters. The molecule has 0 bridgehead atoms. The van der Waals surface area contributed by atoms with Crippen molar-refractivity contribution in [3.8, 4) is 0 Å². The maximum absolute atomic E-state index is 4.48. The van der Waals surface area contributed by atoms with Gasteiger partial charge in [-0.1, -0.05) is 27.2 Å². The van der Waals surface area contributed by atoms with Crippen molar-refractivity contribution in [2.24, 2.45) is 23.7 Å². The highest BCUT2D eigenvalue weighted by molar-refractivity contribution is 7.09. The van der Waals surface area contributed by atoms with E-state index in [4.69, 9.17) is 0 Å². The first-order valence-electron chi connectivity index (χ1n) is 7.74. The molecule has 0 spiro atoms. The molecule has 1 aliphatic rings. The van der Waals surface area contributed by atoms with Gasteiger partial charge in [-0.25, -0.2) is 4.98 Å². The van der Waals surface area contributed by atoms with Crippen LogP contribution in [0.25, 0.3) is 0 Å². The van der Waals surface area contributed by atoms with Gasteiger partial charge >= 0.3 is 0 Å². The first-order valence-corrected chi connectivity index (χ1v) is 8.62. The van der Waals surface area contributed by atoms with Gasteiger partial charge in [-0.05, 0) is 49.6 Å². The molecular weight excluding hydrogens is 252 g/mol. The van der Waals surface area contributed by atoms with Gasteiger partial charge < -0.3 is 5.32 Å². The van der Waals surface area contributed by atoms with E-state index >= 15 is 0 Å². The van der Waals surface area contributed by atoms with Crippen LogP contribution < -0.4 is 5.32 Å². The van der Waals surface area contributed by atoms with E-state index in [1.165, 1.54) is 37.2 Å². The molecule has 1 aromatic heterocycles. The molecule has 1 fully saturated rings. The molecule has 19 heavy (non-hydrogen) atoms. The summed E-state index contributed by atoms with van der Waals surface area (Å²) in [7, 11) is 0. The first kappa shape index (κ1) is 15.0. The number of nitrogens with zero attached hydrogens (tertiary/aromatic N) is 1. The minimum Gasteiger partial charge on any atom is -0.316 e. The Kier molecular flexibility index (Phi) is 5.83. The van der Waals surface area contributed by atoms with E-state index in [2.05, 4.69) is 36.5 Å². The zero-order chi connectivity index (χ0) is 13.7. The van der Waals surface area contributed by atoms with Crippen molar-refractivity contribution < 1.29 is 0 Å². The molecule has 2 nitrogen and oxygen atoms in total. The largest absolute Gasteiger partial charge is 0.316 e. The SMILES string of the molecule is CC(C)CNCC1CCC(C)CC1Cc1nccs1. The quantitative estimate of drug-likeness (QED) is 0.852. The van der Waals surface area contributed by atoms with Crippen molar-refractivity contribution >= 4 is 11.3 Å². The monoisotopic (exact) mass is 280 g/mol. The molecule has 1 heterocycles. The van der Waals surface area contributed by atoms with E-state index in [9.17, 15) is 0 Å². The van der Waals surface area contributed by atoms with E-state index in [-0.39, 0.29) is 0 Å². The van der Waals surface area contributed by atoms with Crippen LogP contribution in [0.4, 0.5) is 0 Å². The Balaban J connectivity index is 1.87. The third kappa shape index (κ3) is 4.88. The Morgan fingerprint density at radius 2 is 2.21 bits per heavy atom. The molecule has 108 valence electrons. The van der Waals surface area contributed by atoms with Gasteiger partial charge in [0.05, 0.1) is 5.01 Å². The first-order chi connectivity index (χ1) is 9.15. The summed E-state index contributed by atoms with van der Waals surface area (Å²) in [6.07, 6.45) is 7.31. The lowest BCUT2D eigenvalue weighted by Crippen LogP contribution is -2.35. The van der Waals surface area contributed by atoms with Crippen LogP contribution in [-0.4, -0.2) is 18.1 Å². The van der Waals surface area contributed by atoms with Gasteiger partial charge in [-0.2, -0.15) is 0 Å². The van der Waals surface area contributed by atoms with Crippen LogP contribution in [0.15, 0.2) is 11.6 Å². The van der Waals surface area contributed by atoms with E-state index < -0.39 is 0 Å². The van der Waals surface area contributed by atoms with E-state index in [1.807, 2.05) is 17.5 Å². The number of aromatic nitrogens is 1. The lowest BCUT2D eigenvalue weighted by Gasteiger charge is -2.35. The van der Waals surface area contributed by atoms with Crippen molar-refractivity contribution in [3.63, 3.8) is 0 Å². The lowest BCUT2D eigenvalue weighted by molar-refractivity contribution is 0.182. The fraction of sp³-hybridized carbons (Fsp3) is 0.812. The lowest BCUT2D eigenvalue weighted by atomic mass is 9.73. The molecule has 0 saturated heterocycles. The molecule has 1 N–H and O–H groups in total. The van der Waals surface area contributed by atoms with Crippen molar-refractivity contribution in [1.29, 1.82) is 0 Å². The van der Waals surface area contributed by atoms with E-state index in [0.29, 0.717) is 0 Å². The Bertz CT molecular complexity index is 348. The van der Waals surface area contributed by atoms with Crippen LogP contribution in [-0.2, 0) is 6.42 Å². The minimum atomic E-state index is 0.750. The topological polar surface area (TPSA) is 24.9 Å². The second kappa shape index (κ2) is 7.39. The number of nitrogens with one attached hydrogen (secondary N) is 1. The summed E-state index contributed by atoms with van der Waals surface area (Å²) >= 11 is 1.82. The number of thiazole rings is 1. The van der Waals surface area contributed by atoms with Crippen molar-refractivity contribution in [2.75, 3.05) is 13.1 Å². The molecule has 3 heteroatoms. The third-order valence-corrected chi connectivity index (χ3v) is 5.08. The molecular formula is C16H28N2S. The molecule has 2 rings (SSSR count). The van der Waals surface area contributed by atoms with Crippen LogP contribution in [0.1, 0.15) is 45.0 Å². The standard InChI is InChI=1S/C16H28N2S/c1-12(2)10-17-11-14-5-4-13(3)8-15(14)9-16-18-6-7-19-16/h6-7,12-15,17H,4-5,8-11H2,1-3H3. The third-order valence-electron chi connectivity index (χ3n) is 4.28. The summed E-state index contributed by atoms with van der Waals surface area (Å²) in [6.45, 7) is 9.32. The maximum atomic E-state index is 4.48. The summed E-state index contributed by atoms with van der Waals surface area (Å²) in [5.74, 6) is 3.32. The van der Waals surface area contributed by atoms with Gasteiger partial charge in [0.15, 0.2) is 0 Å². The van der Waals surface area contributed by atoms with Crippen molar-refractivity contribution in [3.05, 3.63) is 16.6 Å². The van der Waals surface area contributed by atoms with Crippen molar-refractivity contribution in [2.45, 2.75) is 46.5 Å². The summed E-state index contributed by atoms with van der Waals surface area (Å²) in [6, 6.07) is 0. The van der Waals surface area contributed by atoms with Crippen LogP contribution in [0.3, 0.4) is 0 Å². The van der Waals surface area contributed by atoms with Gasteiger partial charge in [0.2, 0.25) is 0 Å².